The van der Waals surface area contributed by atoms with E-state index in [9.17, 15) is 0 Å². The van der Waals surface area contributed by atoms with E-state index in [0.29, 0.717) is 0 Å². The molecule has 2 aliphatic rings. The Morgan fingerprint density at radius 3 is 2.69 bits per heavy atom. The van der Waals surface area contributed by atoms with Crippen LogP contribution in [0.4, 0.5) is 0 Å². The molecular formula is C10H21N3. The van der Waals surface area contributed by atoms with Gasteiger partial charge in [-0.15, -0.1) is 0 Å². The topological polar surface area (TPSA) is 41.3 Å². The van der Waals surface area contributed by atoms with Gasteiger partial charge in [-0.1, -0.05) is 0 Å². The lowest BCUT2D eigenvalue weighted by Gasteiger charge is -2.39. The third kappa shape index (κ3) is 2.66. The van der Waals surface area contributed by atoms with Gasteiger partial charge in [-0.25, -0.2) is 0 Å². The molecule has 0 bridgehead atoms. The Balaban J connectivity index is 1.44. The lowest BCUT2D eigenvalue weighted by Crippen LogP contribution is -2.51. The Labute approximate surface area is 80.7 Å². The fraction of sp³-hybridized carbons (Fsp3) is 1.00. The van der Waals surface area contributed by atoms with Gasteiger partial charge in [-0.2, -0.15) is 0 Å². The minimum Gasteiger partial charge on any atom is -0.330 e. The first kappa shape index (κ1) is 9.44. The summed E-state index contributed by atoms with van der Waals surface area (Å²) in [4.78, 5) is 2.62. The van der Waals surface area contributed by atoms with Gasteiger partial charge >= 0.3 is 0 Å². The van der Waals surface area contributed by atoms with Gasteiger partial charge < -0.3 is 11.1 Å². The summed E-state index contributed by atoms with van der Waals surface area (Å²) < 4.78 is 0. The van der Waals surface area contributed by atoms with Gasteiger partial charge in [0.1, 0.15) is 0 Å². The summed E-state index contributed by atoms with van der Waals surface area (Å²) in [6.45, 7) is 5.77. The molecule has 76 valence electrons. The Morgan fingerprint density at radius 1 is 1.31 bits per heavy atom. The lowest BCUT2D eigenvalue weighted by molar-refractivity contribution is 0.0912. The molecule has 2 fully saturated rings. The first-order chi connectivity index (χ1) is 6.40. The zero-order chi connectivity index (χ0) is 9.10. The van der Waals surface area contributed by atoms with Gasteiger partial charge in [0.15, 0.2) is 0 Å². The van der Waals surface area contributed by atoms with Crippen molar-refractivity contribution in [3.63, 3.8) is 0 Å². The highest BCUT2D eigenvalue weighted by atomic mass is 15.2. The second-order valence-electron chi connectivity index (χ2n) is 4.40. The molecule has 0 aromatic heterocycles. The van der Waals surface area contributed by atoms with Crippen LogP contribution in [0.1, 0.15) is 19.3 Å². The number of hydrogen-bond acceptors (Lipinski definition) is 3. The molecule has 0 unspecified atom stereocenters. The standard InChI is InChI=1S/C10H21N3/c11-4-1-5-12-6-9-7-13(8-9)10-2-3-10/h9-10,12H,1-8,11H2. The zero-order valence-electron chi connectivity index (χ0n) is 8.34. The lowest BCUT2D eigenvalue weighted by atomic mass is 10.00. The summed E-state index contributed by atoms with van der Waals surface area (Å²) >= 11 is 0. The van der Waals surface area contributed by atoms with Crippen molar-refractivity contribution in [3.05, 3.63) is 0 Å². The molecule has 0 radical (unpaired) electrons. The van der Waals surface area contributed by atoms with E-state index in [1.807, 2.05) is 0 Å². The monoisotopic (exact) mass is 183 g/mol. The number of nitrogens with zero attached hydrogens (tertiary/aromatic N) is 1. The molecule has 0 aromatic rings. The van der Waals surface area contributed by atoms with Crippen LogP contribution in [0.3, 0.4) is 0 Å². The Hall–Kier alpha value is -0.120. The van der Waals surface area contributed by atoms with Crippen molar-refractivity contribution in [2.75, 3.05) is 32.7 Å². The van der Waals surface area contributed by atoms with Crippen LogP contribution in [0.15, 0.2) is 0 Å². The van der Waals surface area contributed by atoms with E-state index in [1.165, 1.54) is 32.5 Å². The summed E-state index contributed by atoms with van der Waals surface area (Å²) in [5, 5.41) is 3.46. The molecule has 1 saturated carbocycles. The largest absolute Gasteiger partial charge is 0.330 e. The van der Waals surface area contributed by atoms with Gasteiger partial charge in [-0.05, 0) is 38.3 Å². The van der Waals surface area contributed by atoms with Gasteiger partial charge in [0.2, 0.25) is 0 Å². The highest BCUT2D eigenvalue weighted by Crippen LogP contribution is 2.32. The number of likely N-dealkylation sites (tertiary alicyclic amines) is 1. The Kier molecular flexibility index (Phi) is 3.19. The molecule has 13 heavy (non-hydrogen) atoms. The maximum atomic E-state index is 5.41. The van der Waals surface area contributed by atoms with Gasteiger partial charge in [0.05, 0.1) is 0 Å². The maximum Gasteiger partial charge on any atom is 0.00966 e. The molecule has 3 heteroatoms. The summed E-state index contributed by atoms with van der Waals surface area (Å²) in [7, 11) is 0. The van der Waals surface area contributed by atoms with E-state index < -0.39 is 0 Å². The van der Waals surface area contributed by atoms with Crippen LogP contribution < -0.4 is 11.1 Å². The van der Waals surface area contributed by atoms with Crippen LogP contribution in [0, 0.1) is 5.92 Å². The van der Waals surface area contributed by atoms with Gasteiger partial charge in [0, 0.05) is 25.7 Å². The van der Waals surface area contributed by atoms with Crippen LogP contribution in [-0.2, 0) is 0 Å². The van der Waals surface area contributed by atoms with Crippen molar-refractivity contribution in [2.24, 2.45) is 11.7 Å². The number of nitrogens with one attached hydrogen (secondary N) is 1. The van der Waals surface area contributed by atoms with Crippen LogP contribution in [0.2, 0.25) is 0 Å². The Bertz CT molecular complexity index is 150. The minimum absolute atomic E-state index is 0.811. The predicted octanol–water partition coefficient (Wildman–Crippen LogP) is 0.0190. The first-order valence-electron chi connectivity index (χ1n) is 5.55. The maximum absolute atomic E-state index is 5.41. The molecule has 1 aliphatic heterocycles. The normalized spacial score (nSPS) is 24.7. The average Bonchev–Trinajstić information content (AvgIpc) is 2.84. The van der Waals surface area contributed by atoms with Crippen molar-refractivity contribution < 1.29 is 0 Å². The van der Waals surface area contributed by atoms with Crippen LogP contribution in [-0.4, -0.2) is 43.7 Å². The molecule has 1 saturated heterocycles. The van der Waals surface area contributed by atoms with E-state index in [-0.39, 0.29) is 0 Å². The molecule has 0 atom stereocenters. The molecule has 1 heterocycles. The molecule has 0 aromatic carbocycles. The number of nitrogens with two attached hydrogens (primary N) is 1. The van der Waals surface area contributed by atoms with E-state index in [1.54, 1.807) is 0 Å². The quantitative estimate of drug-likeness (QED) is 0.570. The van der Waals surface area contributed by atoms with Gasteiger partial charge in [0.25, 0.3) is 0 Å². The SMILES string of the molecule is NCCCNCC1CN(C2CC2)C1. The highest BCUT2D eigenvalue weighted by molar-refractivity contribution is 4.93. The van der Waals surface area contributed by atoms with E-state index >= 15 is 0 Å². The van der Waals surface area contributed by atoms with Crippen LogP contribution >= 0.6 is 0 Å². The van der Waals surface area contributed by atoms with Crippen molar-refractivity contribution >= 4 is 0 Å². The summed E-state index contributed by atoms with van der Waals surface area (Å²) in [6, 6.07) is 0.972. The van der Waals surface area contributed by atoms with E-state index in [4.69, 9.17) is 5.73 Å². The predicted molar refractivity (Wildman–Crippen MR) is 54.6 cm³/mol. The van der Waals surface area contributed by atoms with Crippen molar-refractivity contribution in [1.82, 2.24) is 10.2 Å². The molecule has 0 amide bonds. The van der Waals surface area contributed by atoms with Crippen molar-refractivity contribution in [1.29, 1.82) is 0 Å². The third-order valence-electron chi connectivity index (χ3n) is 3.04. The Morgan fingerprint density at radius 2 is 2.08 bits per heavy atom. The van der Waals surface area contributed by atoms with Crippen molar-refractivity contribution in [2.45, 2.75) is 25.3 Å². The van der Waals surface area contributed by atoms with Crippen LogP contribution in [0.5, 0.6) is 0 Å². The second-order valence-corrected chi connectivity index (χ2v) is 4.40. The summed E-state index contributed by atoms with van der Waals surface area (Å²) in [5.41, 5.74) is 5.41. The fourth-order valence-electron chi connectivity index (χ4n) is 2.01. The first-order valence-corrected chi connectivity index (χ1v) is 5.55. The number of rotatable bonds is 6. The van der Waals surface area contributed by atoms with Crippen molar-refractivity contribution in [3.8, 4) is 0 Å². The van der Waals surface area contributed by atoms with Gasteiger partial charge in [-0.3, -0.25) is 4.90 Å². The van der Waals surface area contributed by atoms with E-state index in [2.05, 4.69) is 10.2 Å². The zero-order valence-corrected chi connectivity index (χ0v) is 8.34. The number of hydrogen-bond donors (Lipinski definition) is 2. The molecule has 1 aliphatic carbocycles. The summed E-state index contributed by atoms with van der Waals surface area (Å²) in [6.07, 6.45) is 4.01. The molecule has 0 spiro atoms. The molecular weight excluding hydrogens is 162 g/mol. The average molecular weight is 183 g/mol. The second kappa shape index (κ2) is 4.40. The summed E-state index contributed by atoms with van der Waals surface area (Å²) in [5.74, 6) is 0.915. The molecule has 3 nitrogen and oxygen atoms in total. The minimum atomic E-state index is 0.811. The molecule has 2 rings (SSSR count). The third-order valence-corrected chi connectivity index (χ3v) is 3.04. The fourth-order valence-corrected chi connectivity index (χ4v) is 2.01. The van der Waals surface area contributed by atoms with E-state index in [0.717, 1.165) is 31.5 Å². The highest BCUT2D eigenvalue weighted by Gasteiger charge is 2.37. The van der Waals surface area contributed by atoms with Crippen LogP contribution in [0.25, 0.3) is 0 Å². The molecule has 3 N–H and O–H groups in total. The smallest absolute Gasteiger partial charge is 0.00966 e.